The van der Waals surface area contributed by atoms with E-state index in [0.717, 1.165) is 96.4 Å². The minimum absolute atomic E-state index is 0. The summed E-state index contributed by atoms with van der Waals surface area (Å²) in [5.74, 6) is 2.16. The van der Waals surface area contributed by atoms with E-state index in [1.807, 2.05) is 30.9 Å². The highest BCUT2D eigenvalue weighted by Crippen LogP contribution is 2.13. The molecule has 3 rings (SSSR count). The molecule has 1 amide bonds. The number of ether oxygens (including phenoxy) is 1. The normalized spacial score (nSPS) is 18.5. The van der Waals surface area contributed by atoms with E-state index in [4.69, 9.17) is 14.1 Å². The Hall–Kier alpha value is -1.33. The van der Waals surface area contributed by atoms with Gasteiger partial charge in [0, 0.05) is 64.2 Å². The predicted molar refractivity (Wildman–Crippen MR) is 138 cm³/mol. The molecule has 1 aromatic rings. The van der Waals surface area contributed by atoms with Gasteiger partial charge < -0.3 is 24.7 Å². The highest BCUT2D eigenvalue weighted by molar-refractivity contribution is 14.0. The maximum atomic E-state index is 12.2. The van der Waals surface area contributed by atoms with Crippen molar-refractivity contribution in [2.45, 2.75) is 45.6 Å². The highest BCUT2D eigenvalue weighted by Gasteiger charge is 2.24. The summed E-state index contributed by atoms with van der Waals surface area (Å²) in [5, 5.41) is 7.06. The standard InChI is InChI=1S/C23H39N5O3.HI/c1-19(2)22(29)28-12-7-20(8-13-28)26-23(25-10-6-21-5-3-16-31-21)24-9-4-11-27-14-17-30-18-15-27;/h3,5,16,19-20H,4,6-15,17-18H2,1-2H3,(H2,24,25,26);1H. The van der Waals surface area contributed by atoms with E-state index in [0.29, 0.717) is 6.04 Å². The van der Waals surface area contributed by atoms with Gasteiger partial charge in [-0.1, -0.05) is 13.8 Å². The van der Waals surface area contributed by atoms with Crippen molar-refractivity contribution >= 4 is 35.8 Å². The van der Waals surface area contributed by atoms with Gasteiger partial charge in [-0.05, 0) is 31.4 Å². The molecule has 2 saturated heterocycles. The van der Waals surface area contributed by atoms with Crippen molar-refractivity contribution in [2.75, 3.05) is 59.0 Å². The molecule has 9 heteroatoms. The van der Waals surface area contributed by atoms with Crippen LogP contribution in [0.4, 0.5) is 0 Å². The van der Waals surface area contributed by atoms with E-state index in [1.165, 1.54) is 0 Å². The molecular weight excluding hydrogens is 521 g/mol. The minimum atomic E-state index is 0. The molecular formula is C23H40IN5O3. The summed E-state index contributed by atoms with van der Waals surface area (Å²) in [7, 11) is 0. The molecule has 1 aromatic heterocycles. The van der Waals surface area contributed by atoms with Gasteiger partial charge in [-0.25, -0.2) is 0 Å². The first-order chi connectivity index (χ1) is 15.1. The molecule has 0 unspecified atom stereocenters. The minimum Gasteiger partial charge on any atom is -0.469 e. The number of morpholine rings is 1. The summed E-state index contributed by atoms with van der Waals surface area (Å²) in [4.78, 5) is 21.5. The molecule has 8 nitrogen and oxygen atoms in total. The van der Waals surface area contributed by atoms with Crippen molar-refractivity contribution in [3.05, 3.63) is 24.2 Å². The van der Waals surface area contributed by atoms with Crippen LogP contribution in [-0.4, -0.2) is 86.7 Å². The fraction of sp³-hybridized carbons (Fsp3) is 0.739. The number of aliphatic imine (C=N–C) groups is 1. The van der Waals surface area contributed by atoms with Crippen LogP contribution < -0.4 is 10.6 Å². The number of furan rings is 1. The molecule has 182 valence electrons. The van der Waals surface area contributed by atoms with Crippen molar-refractivity contribution in [1.29, 1.82) is 0 Å². The third kappa shape index (κ3) is 9.27. The number of piperidine rings is 1. The SMILES string of the molecule is CC(C)C(=O)N1CCC(NC(=NCCCN2CCOCC2)NCCc2ccco2)CC1.I. The first-order valence-electron chi connectivity index (χ1n) is 11.8. The average molecular weight is 562 g/mol. The van der Waals surface area contributed by atoms with Gasteiger partial charge in [-0.2, -0.15) is 0 Å². The van der Waals surface area contributed by atoms with Crippen molar-refractivity contribution < 1.29 is 13.9 Å². The molecule has 0 aliphatic carbocycles. The van der Waals surface area contributed by atoms with Crippen molar-refractivity contribution in [3.8, 4) is 0 Å². The van der Waals surface area contributed by atoms with Gasteiger partial charge in [-0.3, -0.25) is 14.7 Å². The number of carbonyl (C=O) groups excluding carboxylic acids is 1. The maximum absolute atomic E-state index is 12.2. The topological polar surface area (TPSA) is 82.3 Å². The van der Waals surface area contributed by atoms with E-state index in [2.05, 4.69) is 15.5 Å². The summed E-state index contributed by atoms with van der Waals surface area (Å²) >= 11 is 0. The molecule has 0 saturated carbocycles. The summed E-state index contributed by atoms with van der Waals surface area (Å²) in [6, 6.07) is 4.25. The largest absolute Gasteiger partial charge is 0.469 e. The van der Waals surface area contributed by atoms with Gasteiger partial charge in [0.1, 0.15) is 5.76 Å². The van der Waals surface area contributed by atoms with Gasteiger partial charge in [0.15, 0.2) is 5.96 Å². The quantitative estimate of drug-likeness (QED) is 0.209. The molecule has 2 aliphatic rings. The fourth-order valence-corrected chi connectivity index (χ4v) is 4.02. The second-order valence-corrected chi connectivity index (χ2v) is 8.69. The van der Waals surface area contributed by atoms with Gasteiger partial charge in [0.2, 0.25) is 5.91 Å². The number of nitrogens with zero attached hydrogens (tertiary/aromatic N) is 3. The number of rotatable bonds is 9. The Morgan fingerprint density at radius 1 is 1.22 bits per heavy atom. The molecule has 0 spiro atoms. The zero-order valence-electron chi connectivity index (χ0n) is 19.6. The van der Waals surface area contributed by atoms with Crippen LogP contribution in [0.25, 0.3) is 0 Å². The van der Waals surface area contributed by atoms with Crippen LogP contribution in [0.5, 0.6) is 0 Å². The third-order valence-electron chi connectivity index (χ3n) is 5.89. The Morgan fingerprint density at radius 2 is 1.97 bits per heavy atom. The molecule has 3 heterocycles. The summed E-state index contributed by atoms with van der Waals surface area (Å²) in [5.41, 5.74) is 0. The third-order valence-corrected chi connectivity index (χ3v) is 5.89. The van der Waals surface area contributed by atoms with Crippen LogP contribution in [0.15, 0.2) is 27.8 Å². The Morgan fingerprint density at radius 3 is 2.62 bits per heavy atom. The molecule has 2 N–H and O–H groups in total. The number of halogens is 1. The molecule has 0 bridgehead atoms. The van der Waals surface area contributed by atoms with Crippen molar-refractivity contribution in [1.82, 2.24) is 20.4 Å². The number of hydrogen-bond donors (Lipinski definition) is 2. The van der Waals surface area contributed by atoms with Gasteiger partial charge >= 0.3 is 0 Å². The van der Waals surface area contributed by atoms with Crippen molar-refractivity contribution in [3.63, 3.8) is 0 Å². The zero-order chi connectivity index (χ0) is 21.9. The van der Waals surface area contributed by atoms with Crippen LogP contribution in [-0.2, 0) is 16.0 Å². The zero-order valence-corrected chi connectivity index (χ0v) is 21.9. The van der Waals surface area contributed by atoms with Crippen LogP contribution in [0.2, 0.25) is 0 Å². The van der Waals surface area contributed by atoms with E-state index in [9.17, 15) is 4.79 Å². The predicted octanol–water partition coefficient (Wildman–Crippen LogP) is 2.34. The number of likely N-dealkylation sites (tertiary alicyclic amines) is 1. The number of hydrogen-bond acceptors (Lipinski definition) is 5. The summed E-state index contributed by atoms with van der Waals surface area (Å²) in [6.45, 7) is 11.9. The molecule has 0 atom stereocenters. The van der Waals surface area contributed by atoms with Crippen LogP contribution >= 0.6 is 24.0 Å². The molecule has 2 aliphatic heterocycles. The summed E-state index contributed by atoms with van der Waals surface area (Å²) in [6.07, 6.45) is 5.46. The molecule has 32 heavy (non-hydrogen) atoms. The van der Waals surface area contributed by atoms with Crippen molar-refractivity contribution in [2.24, 2.45) is 10.9 Å². The lowest BCUT2D eigenvalue weighted by molar-refractivity contribution is -0.135. The van der Waals surface area contributed by atoms with Gasteiger partial charge in [0.25, 0.3) is 0 Å². The number of guanidine groups is 1. The molecule has 2 fully saturated rings. The Bertz CT molecular complexity index is 669. The number of nitrogens with one attached hydrogen (secondary N) is 2. The van der Waals surface area contributed by atoms with Crippen LogP contribution in [0.1, 0.15) is 38.9 Å². The Labute approximate surface area is 209 Å². The average Bonchev–Trinajstić information content (AvgIpc) is 3.31. The van der Waals surface area contributed by atoms with Gasteiger partial charge in [-0.15, -0.1) is 24.0 Å². The lowest BCUT2D eigenvalue weighted by Crippen LogP contribution is -2.50. The van der Waals surface area contributed by atoms with E-state index in [-0.39, 0.29) is 35.8 Å². The highest BCUT2D eigenvalue weighted by atomic mass is 127. The van der Waals surface area contributed by atoms with Gasteiger partial charge in [0.05, 0.1) is 19.5 Å². The number of carbonyl (C=O) groups is 1. The molecule has 0 aromatic carbocycles. The Balaban J connectivity index is 0.00000363. The smallest absolute Gasteiger partial charge is 0.225 e. The second-order valence-electron chi connectivity index (χ2n) is 8.69. The van der Waals surface area contributed by atoms with E-state index in [1.54, 1.807) is 6.26 Å². The van der Waals surface area contributed by atoms with E-state index >= 15 is 0 Å². The maximum Gasteiger partial charge on any atom is 0.225 e. The lowest BCUT2D eigenvalue weighted by Gasteiger charge is -2.34. The second kappa shape index (κ2) is 14.7. The fourth-order valence-electron chi connectivity index (χ4n) is 4.02. The van der Waals surface area contributed by atoms with Crippen LogP contribution in [0.3, 0.4) is 0 Å². The van der Waals surface area contributed by atoms with E-state index < -0.39 is 0 Å². The van der Waals surface area contributed by atoms with Crippen LogP contribution in [0, 0.1) is 5.92 Å². The summed E-state index contributed by atoms with van der Waals surface area (Å²) < 4.78 is 10.8. The lowest BCUT2D eigenvalue weighted by atomic mass is 10.0. The molecule has 0 radical (unpaired) electrons. The Kier molecular flexibility index (Phi) is 12.4. The number of amides is 1. The monoisotopic (exact) mass is 561 g/mol. The first-order valence-corrected chi connectivity index (χ1v) is 11.8. The first kappa shape index (κ1) is 26.9.